The van der Waals surface area contributed by atoms with Crippen LogP contribution in [0.15, 0.2) is 10.5 Å². The quantitative estimate of drug-likeness (QED) is 0.797. The van der Waals surface area contributed by atoms with Crippen LogP contribution in [-0.2, 0) is 25.6 Å². The van der Waals surface area contributed by atoms with E-state index >= 15 is 0 Å². The summed E-state index contributed by atoms with van der Waals surface area (Å²) in [4.78, 5) is 0. The number of fused-ring (bicyclic) bond motifs is 1. The molecular weight excluding hydrogens is 303 g/mol. The van der Waals surface area contributed by atoms with Crippen molar-refractivity contribution in [3.8, 4) is 0 Å². The Kier molecular flexibility index (Phi) is 4.78. The molecule has 1 aromatic heterocycles. The van der Waals surface area contributed by atoms with E-state index in [4.69, 9.17) is 23.4 Å². The third kappa shape index (κ3) is 3.60. The second kappa shape index (κ2) is 6.51. The van der Waals surface area contributed by atoms with Gasteiger partial charge < -0.3 is 23.4 Å². The molecule has 2 saturated heterocycles. The molecule has 3 heterocycles. The Balaban J connectivity index is 1.68. The number of hydrogen-bond donors (Lipinski definition) is 0. The van der Waals surface area contributed by atoms with Crippen molar-refractivity contribution in [2.75, 3.05) is 0 Å². The van der Waals surface area contributed by atoms with E-state index in [1.807, 2.05) is 13.8 Å². The van der Waals surface area contributed by atoms with E-state index in [0.717, 1.165) is 24.8 Å². The molecule has 23 heavy (non-hydrogen) atoms. The summed E-state index contributed by atoms with van der Waals surface area (Å²) in [7, 11) is 0. The summed E-state index contributed by atoms with van der Waals surface area (Å²) in [5.74, 6) is -0.183. The van der Waals surface area contributed by atoms with Crippen LogP contribution in [-0.4, -0.2) is 30.4 Å². The lowest BCUT2D eigenvalue weighted by molar-refractivity contribution is -0.220. The van der Waals surface area contributed by atoms with Crippen LogP contribution in [0.5, 0.6) is 0 Å². The number of furan rings is 1. The van der Waals surface area contributed by atoms with Gasteiger partial charge in [-0.25, -0.2) is 0 Å². The van der Waals surface area contributed by atoms with Gasteiger partial charge in [-0.05, 0) is 32.8 Å². The molecule has 0 radical (unpaired) electrons. The van der Waals surface area contributed by atoms with Gasteiger partial charge in [0.05, 0.1) is 6.10 Å². The largest absolute Gasteiger partial charge is 0.433 e. The predicted octanol–water partition coefficient (Wildman–Crippen LogP) is 3.68. The molecule has 0 unspecified atom stereocenters. The van der Waals surface area contributed by atoms with Crippen molar-refractivity contribution >= 4 is 0 Å². The summed E-state index contributed by atoms with van der Waals surface area (Å²) in [6.07, 6.45) is 1.99. The Morgan fingerprint density at radius 2 is 2.09 bits per heavy atom. The molecule has 0 amide bonds. The Labute approximate surface area is 136 Å². The van der Waals surface area contributed by atoms with Crippen molar-refractivity contribution < 1.29 is 27.8 Å². The Bertz CT molecular complexity index is 541. The fourth-order valence-electron chi connectivity index (χ4n) is 3.18. The van der Waals surface area contributed by atoms with Gasteiger partial charge in [0.15, 0.2) is 12.1 Å². The van der Waals surface area contributed by atoms with Crippen molar-refractivity contribution in [2.24, 2.45) is 0 Å². The number of unbranched alkanes of at least 4 members (excludes halogenated alkanes) is 1. The first-order valence-corrected chi connectivity index (χ1v) is 8.27. The zero-order valence-corrected chi connectivity index (χ0v) is 14.1. The Morgan fingerprint density at radius 1 is 1.30 bits per heavy atom. The number of halogens is 1. The first-order chi connectivity index (χ1) is 10.9. The lowest BCUT2D eigenvalue weighted by Crippen LogP contribution is -2.36. The highest BCUT2D eigenvalue weighted by Gasteiger charge is 2.55. The summed E-state index contributed by atoms with van der Waals surface area (Å²) in [5.41, 5.74) is 0.743. The van der Waals surface area contributed by atoms with Gasteiger partial charge in [-0.15, -0.1) is 0 Å². The molecule has 130 valence electrons. The van der Waals surface area contributed by atoms with Crippen molar-refractivity contribution in [1.82, 2.24) is 0 Å². The van der Waals surface area contributed by atoms with Crippen molar-refractivity contribution in [3.63, 3.8) is 0 Å². The third-order valence-electron chi connectivity index (χ3n) is 4.33. The molecule has 0 N–H and O–H groups in total. The van der Waals surface area contributed by atoms with Gasteiger partial charge in [-0.2, -0.15) is 4.39 Å². The zero-order valence-electron chi connectivity index (χ0n) is 14.1. The molecule has 2 aliphatic heterocycles. The van der Waals surface area contributed by atoms with Gasteiger partial charge in [0.25, 0.3) is 6.01 Å². The number of aryl methyl sites for hydroxylation is 1. The highest BCUT2D eigenvalue weighted by atomic mass is 19.1. The first-order valence-electron chi connectivity index (χ1n) is 8.27. The second-order valence-electron chi connectivity index (χ2n) is 6.72. The SMILES string of the molecule is CCCC[C@H]1O[C@@H]2OC(C)(C)O[C@@H]2[C@H]1OCc1oc(F)cc1C. The van der Waals surface area contributed by atoms with Gasteiger partial charge in [0, 0.05) is 6.07 Å². The van der Waals surface area contributed by atoms with Crippen LogP contribution in [0.1, 0.15) is 51.4 Å². The maximum Gasteiger partial charge on any atom is 0.278 e. The lowest BCUT2D eigenvalue weighted by Gasteiger charge is -2.25. The van der Waals surface area contributed by atoms with Gasteiger partial charge in [-0.1, -0.05) is 19.8 Å². The lowest BCUT2D eigenvalue weighted by atomic mass is 10.1. The van der Waals surface area contributed by atoms with E-state index in [1.165, 1.54) is 6.07 Å². The van der Waals surface area contributed by atoms with Crippen LogP contribution in [0.4, 0.5) is 4.39 Å². The fraction of sp³-hybridized carbons (Fsp3) is 0.765. The van der Waals surface area contributed by atoms with Crippen molar-refractivity contribution in [2.45, 2.75) is 84.0 Å². The molecule has 5 nitrogen and oxygen atoms in total. The van der Waals surface area contributed by atoms with E-state index in [0.29, 0.717) is 5.76 Å². The summed E-state index contributed by atoms with van der Waals surface area (Å²) in [6.45, 7) is 7.85. The Hall–Kier alpha value is -0.950. The standard InChI is InChI=1S/C17H25FO5/c1-5-6-7-11-14(15-16(21-11)23-17(3,4)22-15)19-9-12-10(2)8-13(18)20-12/h8,11,14-16H,5-7,9H2,1-4H3/t11-,14+,15-,16-/m1/s1. The minimum absolute atomic E-state index is 0.0823. The molecule has 6 heteroatoms. The molecule has 0 bridgehead atoms. The normalized spacial score (nSPS) is 32.4. The summed E-state index contributed by atoms with van der Waals surface area (Å²) in [5, 5.41) is 0. The molecule has 0 aromatic carbocycles. The molecule has 0 aliphatic carbocycles. The average molecular weight is 328 g/mol. The number of ether oxygens (including phenoxy) is 4. The fourth-order valence-corrected chi connectivity index (χ4v) is 3.18. The van der Waals surface area contributed by atoms with Gasteiger partial charge in [-0.3, -0.25) is 0 Å². The van der Waals surface area contributed by atoms with E-state index < -0.39 is 18.1 Å². The Morgan fingerprint density at radius 3 is 2.74 bits per heavy atom. The highest BCUT2D eigenvalue weighted by Crippen LogP contribution is 2.40. The van der Waals surface area contributed by atoms with Crippen molar-refractivity contribution in [3.05, 3.63) is 23.4 Å². The second-order valence-corrected chi connectivity index (χ2v) is 6.72. The molecule has 0 spiro atoms. The number of rotatable bonds is 6. The van der Waals surface area contributed by atoms with Crippen molar-refractivity contribution in [1.29, 1.82) is 0 Å². The molecule has 0 saturated carbocycles. The van der Waals surface area contributed by atoms with Crippen LogP contribution in [0.3, 0.4) is 0 Å². The molecule has 3 rings (SSSR count). The predicted molar refractivity (Wildman–Crippen MR) is 80.2 cm³/mol. The highest BCUT2D eigenvalue weighted by molar-refractivity contribution is 5.14. The monoisotopic (exact) mass is 328 g/mol. The minimum Gasteiger partial charge on any atom is -0.433 e. The smallest absolute Gasteiger partial charge is 0.278 e. The van der Waals surface area contributed by atoms with E-state index in [2.05, 4.69) is 6.92 Å². The van der Waals surface area contributed by atoms with Crippen LogP contribution in [0.2, 0.25) is 0 Å². The van der Waals surface area contributed by atoms with Crippen LogP contribution >= 0.6 is 0 Å². The first kappa shape index (κ1) is 16.9. The van der Waals surface area contributed by atoms with E-state index in [9.17, 15) is 4.39 Å². The summed E-state index contributed by atoms with van der Waals surface area (Å²) in [6, 6.07) is 0.769. The maximum absolute atomic E-state index is 13.2. The van der Waals surface area contributed by atoms with Gasteiger partial charge in [0.2, 0.25) is 0 Å². The average Bonchev–Trinajstić information content (AvgIpc) is 3.04. The summed E-state index contributed by atoms with van der Waals surface area (Å²) >= 11 is 0. The van der Waals surface area contributed by atoms with Crippen LogP contribution in [0, 0.1) is 12.9 Å². The topological polar surface area (TPSA) is 50.1 Å². The minimum atomic E-state index is -0.681. The maximum atomic E-state index is 13.2. The number of hydrogen-bond acceptors (Lipinski definition) is 5. The summed E-state index contributed by atoms with van der Waals surface area (Å²) < 4.78 is 41.9. The molecule has 4 atom stereocenters. The van der Waals surface area contributed by atoms with E-state index in [-0.39, 0.29) is 24.9 Å². The molecular formula is C17H25FO5. The van der Waals surface area contributed by atoms with Gasteiger partial charge in [0.1, 0.15) is 24.6 Å². The van der Waals surface area contributed by atoms with Crippen LogP contribution < -0.4 is 0 Å². The molecule has 2 fully saturated rings. The van der Waals surface area contributed by atoms with E-state index in [1.54, 1.807) is 6.92 Å². The molecule has 2 aliphatic rings. The molecule has 1 aromatic rings. The zero-order chi connectivity index (χ0) is 16.6. The van der Waals surface area contributed by atoms with Gasteiger partial charge >= 0.3 is 0 Å². The third-order valence-corrected chi connectivity index (χ3v) is 4.33. The van der Waals surface area contributed by atoms with Crippen LogP contribution in [0.25, 0.3) is 0 Å².